The van der Waals surface area contributed by atoms with E-state index in [1.165, 1.54) is 5.19 Å². The van der Waals surface area contributed by atoms with Gasteiger partial charge in [0.25, 0.3) is 0 Å². The van der Waals surface area contributed by atoms with Crippen molar-refractivity contribution in [3.05, 3.63) is 95.0 Å². The Morgan fingerprint density at radius 1 is 0.846 bits per heavy atom. The van der Waals surface area contributed by atoms with E-state index in [4.69, 9.17) is 4.74 Å². The van der Waals surface area contributed by atoms with E-state index in [0.717, 1.165) is 10.0 Å². The predicted molar refractivity (Wildman–Crippen MR) is 113 cm³/mol. The van der Waals surface area contributed by atoms with Crippen molar-refractivity contribution in [1.29, 1.82) is 0 Å². The summed E-state index contributed by atoms with van der Waals surface area (Å²) < 4.78 is 6.79. The van der Waals surface area contributed by atoms with E-state index >= 15 is 0 Å². The molecule has 3 aromatic rings. The Balaban J connectivity index is 2.00. The van der Waals surface area contributed by atoms with Gasteiger partial charge in [0.05, 0.1) is 5.54 Å². The summed E-state index contributed by atoms with van der Waals surface area (Å²) in [4.78, 5) is 13.2. The summed E-state index contributed by atoms with van der Waals surface area (Å²) in [6.07, 6.45) is 0. The summed E-state index contributed by atoms with van der Waals surface area (Å²) in [5, 5.41) is 1.22. The van der Waals surface area contributed by atoms with Gasteiger partial charge in [-0.2, -0.15) is 0 Å². The van der Waals surface area contributed by atoms with E-state index < -0.39 is 8.07 Å². The van der Waals surface area contributed by atoms with Crippen molar-refractivity contribution in [3.63, 3.8) is 0 Å². The molecule has 0 bridgehead atoms. The number of para-hydroxylation sites is 1. The average molecular weight is 425 g/mol. The van der Waals surface area contributed by atoms with Crippen LogP contribution < -0.4 is 9.92 Å². The quantitative estimate of drug-likeness (QED) is 0.315. The van der Waals surface area contributed by atoms with Gasteiger partial charge in [-0.15, -0.1) is 0 Å². The molecule has 0 fully saturated rings. The molecule has 0 heterocycles. The summed E-state index contributed by atoms with van der Waals surface area (Å²) in [6, 6.07) is 27.5. The molecule has 0 spiro atoms. The van der Waals surface area contributed by atoms with Gasteiger partial charge in [-0.1, -0.05) is 94.9 Å². The van der Waals surface area contributed by atoms with E-state index in [0.29, 0.717) is 5.75 Å². The van der Waals surface area contributed by atoms with E-state index in [9.17, 15) is 4.79 Å². The largest absolute Gasteiger partial charge is 0.426 e. The molecule has 3 rings (SSSR count). The Labute approximate surface area is 164 Å². The zero-order chi connectivity index (χ0) is 18.6. The first-order chi connectivity index (χ1) is 12.5. The molecule has 2 nitrogen and oxygen atoms in total. The van der Waals surface area contributed by atoms with E-state index in [1.54, 1.807) is 0 Å². The lowest BCUT2D eigenvalue weighted by Crippen LogP contribution is -2.51. The summed E-state index contributed by atoms with van der Waals surface area (Å²) >= 11 is 3.49. The van der Waals surface area contributed by atoms with E-state index in [2.05, 4.69) is 41.2 Å². The lowest BCUT2D eigenvalue weighted by molar-refractivity contribution is -0.134. The molecule has 0 saturated carbocycles. The molecule has 0 N–H and O–H groups in total. The molecule has 0 radical (unpaired) electrons. The molecule has 0 saturated heterocycles. The number of halogens is 1. The lowest BCUT2D eigenvalue weighted by atomic mass is 10.1. The summed E-state index contributed by atoms with van der Waals surface area (Å²) in [6.45, 7) is 4.44. The second-order valence-corrected chi connectivity index (χ2v) is 12.3. The first kappa shape index (κ1) is 18.6. The number of rotatable bonds is 5. The minimum Gasteiger partial charge on any atom is -0.426 e. The van der Waals surface area contributed by atoms with Gasteiger partial charge < -0.3 is 4.74 Å². The van der Waals surface area contributed by atoms with Crippen LogP contribution >= 0.6 is 15.9 Å². The van der Waals surface area contributed by atoms with Gasteiger partial charge in [-0.25, -0.2) is 0 Å². The monoisotopic (exact) mass is 424 g/mol. The molecule has 0 amide bonds. The standard InChI is InChI=1S/C22H21BrO2Si/c1-26(2,20-15-13-18(23)14-16-20)21(17-9-5-3-6-10-17)22(24)25-19-11-7-4-8-12-19/h3-16,21H,1-2H3/t21-/m1/s1. The highest BCUT2D eigenvalue weighted by atomic mass is 79.9. The van der Waals surface area contributed by atoms with Crippen molar-refractivity contribution in [2.75, 3.05) is 0 Å². The fourth-order valence-electron chi connectivity index (χ4n) is 3.20. The summed E-state index contributed by atoms with van der Waals surface area (Å²) in [5.74, 6) is 0.390. The van der Waals surface area contributed by atoms with Gasteiger partial charge in [0.2, 0.25) is 0 Å². The van der Waals surface area contributed by atoms with Gasteiger partial charge in [-0.3, -0.25) is 4.79 Å². The number of benzene rings is 3. The van der Waals surface area contributed by atoms with Crippen molar-refractivity contribution in [3.8, 4) is 5.75 Å². The van der Waals surface area contributed by atoms with Crippen LogP contribution in [0, 0.1) is 0 Å². The van der Waals surface area contributed by atoms with E-state index in [1.807, 2.05) is 72.8 Å². The van der Waals surface area contributed by atoms with Gasteiger partial charge in [0, 0.05) is 4.47 Å². The van der Waals surface area contributed by atoms with Gasteiger partial charge in [-0.05, 0) is 29.8 Å². The van der Waals surface area contributed by atoms with Crippen molar-refractivity contribution in [2.24, 2.45) is 0 Å². The topological polar surface area (TPSA) is 26.3 Å². The molecular formula is C22H21BrO2Si. The number of esters is 1. The minimum atomic E-state index is -2.18. The highest BCUT2D eigenvalue weighted by Crippen LogP contribution is 2.29. The fourth-order valence-corrected chi connectivity index (χ4v) is 6.50. The molecule has 0 unspecified atom stereocenters. The maximum absolute atomic E-state index is 13.2. The minimum absolute atomic E-state index is 0.193. The van der Waals surface area contributed by atoms with Crippen LogP contribution in [0.3, 0.4) is 0 Å². The van der Waals surface area contributed by atoms with Crippen molar-refractivity contribution in [2.45, 2.75) is 18.6 Å². The van der Waals surface area contributed by atoms with Crippen LogP contribution in [0.2, 0.25) is 13.1 Å². The molecular weight excluding hydrogens is 404 g/mol. The Bertz CT molecular complexity index is 862. The average Bonchev–Trinajstić information content (AvgIpc) is 2.64. The number of hydrogen-bond donors (Lipinski definition) is 0. The van der Waals surface area contributed by atoms with Gasteiger partial charge in [0.15, 0.2) is 0 Å². The van der Waals surface area contributed by atoms with Crippen LogP contribution in [0.5, 0.6) is 5.75 Å². The zero-order valence-corrected chi connectivity index (χ0v) is 17.4. The Hall–Kier alpha value is -2.17. The molecule has 1 atom stereocenters. The second-order valence-electron chi connectivity index (χ2n) is 6.81. The Kier molecular flexibility index (Phi) is 5.74. The molecule has 4 heteroatoms. The second kappa shape index (κ2) is 8.02. The molecule has 26 heavy (non-hydrogen) atoms. The predicted octanol–water partition coefficient (Wildman–Crippen LogP) is 5.29. The van der Waals surface area contributed by atoms with Crippen LogP contribution in [-0.2, 0) is 4.79 Å². The molecule has 0 aliphatic carbocycles. The summed E-state index contributed by atoms with van der Waals surface area (Å²) in [5.41, 5.74) is 0.720. The van der Waals surface area contributed by atoms with Crippen LogP contribution in [-0.4, -0.2) is 14.0 Å². The first-order valence-electron chi connectivity index (χ1n) is 8.56. The third-order valence-electron chi connectivity index (χ3n) is 4.64. The van der Waals surface area contributed by atoms with Gasteiger partial charge >= 0.3 is 5.97 Å². The zero-order valence-electron chi connectivity index (χ0n) is 14.9. The highest BCUT2D eigenvalue weighted by molar-refractivity contribution is 9.10. The Morgan fingerprint density at radius 2 is 1.38 bits per heavy atom. The Morgan fingerprint density at radius 3 is 1.96 bits per heavy atom. The van der Waals surface area contributed by atoms with Crippen molar-refractivity contribution in [1.82, 2.24) is 0 Å². The molecule has 0 aromatic heterocycles. The molecule has 0 aliphatic rings. The maximum Gasteiger partial charge on any atom is 0.316 e. The maximum atomic E-state index is 13.2. The SMILES string of the molecule is C[Si](C)(c1ccc(Br)cc1)[C@@H](C(=O)Oc1ccccc1)c1ccccc1. The summed E-state index contributed by atoms with van der Waals surface area (Å²) in [7, 11) is -2.18. The number of carbonyl (C=O) groups excluding carboxylic acids is 1. The lowest BCUT2D eigenvalue weighted by Gasteiger charge is -2.31. The van der Waals surface area contributed by atoms with Crippen molar-refractivity contribution >= 4 is 35.2 Å². The molecule has 3 aromatic carbocycles. The van der Waals surface area contributed by atoms with Crippen LogP contribution in [0.25, 0.3) is 0 Å². The van der Waals surface area contributed by atoms with Crippen LogP contribution in [0.1, 0.15) is 11.1 Å². The van der Waals surface area contributed by atoms with Crippen molar-refractivity contribution < 1.29 is 9.53 Å². The smallest absolute Gasteiger partial charge is 0.316 e. The molecule has 132 valence electrons. The first-order valence-corrected chi connectivity index (χ1v) is 12.4. The normalized spacial score (nSPS) is 12.4. The third kappa shape index (κ3) is 4.14. The van der Waals surface area contributed by atoms with Gasteiger partial charge in [0.1, 0.15) is 13.8 Å². The number of hydrogen-bond acceptors (Lipinski definition) is 2. The number of ether oxygens (including phenoxy) is 1. The number of carbonyl (C=O) groups is 1. The van der Waals surface area contributed by atoms with Crippen LogP contribution in [0.15, 0.2) is 89.4 Å². The fraction of sp³-hybridized carbons (Fsp3) is 0.136. The van der Waals surface area contributed by atoms with Crippen LogP contribution in [0.4, 0.5) is 0 Å². The molecule has 0 aliphatic heterocycles. The highest BCUT2D eigenvalue weighted by Gasteiger charge is 2.41. The van der Waals surface area contributed by atoms with E-state index in [-0.39, 0.29) is 11.5 Å². The third-order valence-corrected chi connectivity index (χ3v) is 9.00.